The van der Waals surface area contributed by atoms with Gasteiger partial charge in [0.1, 0.15) is 0 Å². The molecule has 4 nitrogen and oxygen atoms in total. The molecule has 2 aliphatic rings. The summed E-state index contributed by atoms with van der Waals surface area (Å²) < 4.78 is 0. The lowest BCUT2D eigenvalue weighted by atomic mass is 10.1. The van der Waals surface area contributed by atoms with Crippen molar-refractivity contribution in [2.75, 3.05) is 26.2 Å². The Bertz CT molecular complexity index is 291. The summed E-state index contributed by atoms with van der Waals surface area (Å²) in [5, 5.41) is 8.94. The SMILES string of the molecule is N#CC1CCCN1CC(=O)N1CCCCC1. The molecular weight excluding hydrogens is 202 g/mol. The van der Waals surface area contributed by atoms with E-state index in [1.54, 1.807) is 0 Å². The summed E-state index contributed by atoms with van der Waals surface area (Å²) in [7, 11) is 0. The van der Waals surface area contributed by atoms with Crippen LogP contribution in [-0.4, -0.2) is 47.9 Å². The fourth-order valence-corrected chi connectivity index (χ4v) is 2.58. The maximum absolute atomic E-state index is 12.0. The number of hydrogen-bond acceptors (Lipinski definition) is 3. The van der Waals surface area contributed by atoms with Crippen molar-refractivity contribution in [3.8, 4) is 6.07 Å². The molecule has 88 valence electrons. The Balaban J connectivity index is 1.84. The van der Waals surface area contributed by atoms with Gasteiger partial charge in [-0.25, -0.2) is 0 Å². The van der Waals surface area contributed by atoms with E-state index in [-0.39, 0.29) is 11.9 Å². The van der Waals surface area contributed by atoms with E-state index in [0.29, 0.717) is 6.54 Å². The first kappa shape index (κ1) is 11.4. The van der Waals surface area contributed by atoms with E-state index in [1.165, 1.54) is 6.42 Å². The first-order valence-corrected chi connectivity index (χ1v) is 6.22. The van der Waals surface area contributed by atoms with Crippen molar-refractivity contribution in [2.45, 2.75) is 38.1 Å². The highest BCUT2D eigenvalue weighted by Gasteiger charge is 2.27. The molecule has 16 heavy (non-hydrogen) atoms. The van der Waals surface area contributed by atoms with Crippen LogP contribution in [0.5, 0.6) is 0 Å². The minimum Gasteiger partial charge on any atom is -0.342 e. The highest BCUT2D eigenvalue weighted by Crippen LogP contribution is 2.17. The Kier molecular flexibility index (Phi) is 3.79. The normalized spacial score (nSPS) is 26.7. The van der Waals surface area contributed by atoms with Gasteiger partial charge in [-0.3, -0.25) is 9.69 Å². The topological polar surface area (TPSA) is 47.3 Å². The molecule has 4 heteroatoms. The number of rotatable bonds is 2. The molecule has 2 rings (SSSR count). The average molecular weight is 221 g/mol. The molecule has 0 aromatic heterocycles. The van der Waals surface area contributed by atoms with Crippen LogP contribution in [0.15, 0.2) is 0 Å². The molecule has 1 unspecified atom stereocenters. The average Bonchev–Trinajstić information content (AvgIpc) is 2.77. The third-order valence-electron chi connectivity index (χ3n) is 3.56. The van der Waals surface area contributed by atoms with Crippen molar-refractivity contribution < 1.29 is 4.79 Å². The smallest absolute Gasteiger partial charge is 0.236 e. The van der Waals surface area contributed by atoms with Gasteiger partial charge >= 0.3 is 0 Å². The van der Waals surface area contributed by atoms with Crippen LogP contribution >= 0.6 is 0 Å². The van der Waals surface area contributed by atoms with Crippen LogP contribution in [0.1, 0.15) is 32.1 Å². The van der Waals surface area contributed by atoms with Crippen LogP contribution in [-0.2, 0) is 4.79 Å². The molecule has 1 amide bonds. The molecule has 2 aliphatic heterocycles. The Morgan fingerprint density at radius 3 is 2.62 bits per heavy atom. The molecular formula is C12H19N3O. The molecule has 0 radical (unpaired) electrons. The van der Waals surface area contributed by atoms with Crippen molar-refractivity contribution in [3.05, 3.63) is 0 Å². The van der Waals surface area contributed by atoms with Crippen LogP contribution in [0.25, 0.3) is 0 Å². The molecule has 1 atom stereocenters. The standard InChI is InChI=1S/C12H19N3O/c13-9-11-5-4-8-15(11)10-12(16)14-6-2-1-3-7-14/h11H,1-8,10H2. The number of hydrogen-bond donors (Lipinski definition) is 0. The van der Waals surface area contributed by atoms with Gasteiger partial charge in [-0.2, -0.15) is 5.26 Å². The fourth-order valence-electron chi connectivity index (χ4n) is 2.58. The molecule has 2 heterocycles. The van der Waals surface area contributed by atoms with Crippen LogP contribution in [0.4, 0.5) is 0 Å². The third kappa shape index (κ3) is 2.53. The Morgan fingerprint density at radius 1 is 1.19 bits per heavy atom. The maximum atomic E-state index is 12.0. The Hall–Kier alpha value is -1.08. The number of piperidine rings is 1. The van der Waals surface area contributed by atoms with E-state index < -0.39 is 0 Å². The van der Waals surface area contributed by atoms with Gasteiger partial charge in [0.25, 0.3) is 0 Å². The van der Waals surface area contributed by atoms with Gasteiger partial charge in [0.2, 0.25) is 5.91 Å². The van der Waals surface area contributed by atoms with Gasteiger partial charge in [-0.15, -0.1) is 0 Å². The van der Waals surface area contributed by atoms with Crippen molar-refractivity contribution in [2.24, 2.45) is 0 Å². The Morgan fingerprint density at radius 2 is 1.94 bits per heavy atom. The molecule has 0 N–H and O–H groups in total. The van der Waals surface area contributed by atoms with E-state index in [9.17, 15) is 4.79 Å². The number of carbonyl (C=O) groups is 1. The van der Waals surface area contributed by atoms with Gasteiger partial charge in [-0.1, -0.05) is 0 Å². The zero-order valence-corrected chi connectivity index (χ0v) is 9.69. The van der Waals surface area contributed by atoms with Crippen LogP contribution in [0.2, 0.25) is 0 Å². The van der Waals surface area contributed by atoms with Gasteiger partial charge in [0, 0.05) is 19.6 Å². The third-order valence-corrected chi connectivity index (χ3v) is 3.56. The second kappa shape index (κ2) is 5.31. The van der Waals surface area contributed by atoms with E-state index >= 15 is 0 Å². The van der Waals surface area contributed by atoms with Crippen molar-refractivity contribution in [1.82, 2.24) is 9.80 Å². The predicted octanol–water partition coefficient (Wildman–Crippen LogP) is 0.987. The van der Waals surface area contributed by atoms with Crippen molar-refractivity contribution >= 4 is 5.91 Å². The maximum Gasteiger partial charge on any atom is 0.236 e. The van der Waals surface area contributed by atoms with Crippen molar-refractivity contribution in [1.29, 1.82) is 5.26 Å². The number of likely N-dealkylation sites (tertiary alicyclic amines) is 2. The molecule has 0 aromatic carbocycles. The first-order chi connectivity index (χ1) is 7.81. The molecule has 0 spiro atoms. The lowest BCUT2D eigenvalue weighted by Crippen LogP contribution is -2.43. The predicted molar refractivity (Wildman–Crippen MR) is 60.6 cm³/mol. The van der Waals surface area contributed by atoms with Gasteiger partial charge < -0.3 is 4.90 Å². The minimum absolute atomic E-state index is 0.0336. The number of carbonyl (C=O) groups excluding carboxylic acids is 1. The summed E-state index contributed by atoms with van der Waals surface area (Å²) in [6, 6.07) is 2.24. The number of amides is 1. The van der Waals surface area contributed by atoms with Gasteiger partial charge in [0.15, 0.2) is 0 Å². The summed E-state index contributed by atoms with van der Waals surface area (Å²) in [4.78, 5) is 16.0. The minimum atomic E-state index is -0.0336. The monoisotopic (exact) mass is 221 g/mol. The summed E-state index contributed by atoms with van der Waals surface area (Å²) in [6.07, 6.45) is 5.48. The first-order valence-electron chi connectivity index (χ1n) is 6.22. The van der Waals surface area contributed by atoms with E-state index in [0.717, 1.165) is 45.3 Å². The van der Waals surface area contributed by atoms with Gasteiger partial charge in [0.05, 0.1) is 18.7 Å². The highest BCUT2D eigenvalue weighted by molar-refractivity contribution is 5.78. The van der Waals surface area contributed by atoms with E-state index in [4.69, 9.17) is 5.26 Å². The molecule has 0 saturated carbocycles. The second-order valence-corrected chi connectivity index (χ2v) is 4.70. The quantitative estimate of drug-likeness (QED) is 0.698. The molecule has 2 fully saturated rings. The van der Waals surface area contributed by atoms with Crippen molar-refractivity contribution in [3.63, 3.8) is 0 Å². The molecule has 2 saturated heterocycles. The van der Waals surface area contributed by atoms with Crippen LogP contribution < -0.4 is 0 Å². The number of nitrogens with zero attached hydrogens (tertiary/aromatic N) is 3. The zero-order valence-electron chi connectivity index (χ0n) is 9.69. The largest absolute Gasteiger partial charge is 0.342 e. The van der Waals surface area contributed by atoms with Crippen LogP contribution in [0, 0.1) is 11.3 Å². The van der Waals surface area contributed by atoms with E-state index in [2.05, 4.69) is 6.07 Å². The fraction of sp³-hybridized carbons (Fsp3) is 0.833. The molecule has 0 aromatic rings. The highest BCUT2D eigenvalue weighted by atomic mass is 16.2. The molecule has 0 bridgehead atoms. The summed E-state index contributed by atoms with van der Waals surface area (Å²) in [5.74, 6) is 0.210. The summed E-state index contributed by atoms with van der Waals surface area (Å²) in [5.41, 5.74) is 0. The Labute approximate surface area is 96.8 Å². The molecule has 0 aliphatic carbocycles. The zero-order chi connectivity index (χ0) is 11.4. The van der Waals surface area contributed by atoms with Gasteiger partial charge in [-0.05, 0) is 32.1 Å². The summed E-state index contributed by atoms with van der Waals surface area (Å²) >= 11 is 0. The lowest BCUT2D eigenvalue weighted by molar-refractivity contribution is -0.133. The summed E-state index contributed by atoms with van der Waals surface area (Å²) in [6.45, 7) is 3.16. The second-order valence-electron chi connectivity index (χ2n) is 4.70. The number of nitriles is 1. The van der Waals surface area contributed by atoms with E-state index in [1.807, 2.05) is 9.80 Å². The lowest BCUT2D eigenvalue weighted by Gasteiger charge is -2.29. The van der Waals surface area contributed by atoms with Crippen LogP contribution in [0.3, 0.4) is 0 Å².